The zero-order valence-electron chi connectivity index (χ0n) is 13.3. The van der Waals surface area contributed by atoms with Crippen molar-refractivity contribution in [3.63, 3.8) is 0 Å². The number of hydrogen-bond acceptors (Lipinski definition) is 5. The van der Waals surface area contributed by atoms with Gasteiger partial charge in [0.25, 0.3) is 5.91 Å². The molecule has 0 saturated heterocycles. The van der Waals surface area contributed by atoms with Crippen LogP contribution < -0.4 is 15.4 Å². The number of nitrogens with zero attached hydrogens (tertiary/aromatic N) is 2. The van der Waals surface area contributed by atoms with Gasteiger partial charge in [0.15, 0.2) is 0 Å². The summed E-state index contributed by atoms with van der Waals surface area (Å²) < 4.78 is 5.19. The second kappa shape index (κ2) is 7.78. The zero-order chi connectivity index (χ0) is 16.8. The predicted molar refractivity (Wildman–Crippen MR) is 91.3 cm³/mol. The van der Waals surface area contributed by atoms with Gasteiger partial charge in [0.2, 0.25) is 0 Å². The first kappa shape index (κ1) is 17.0. The van der Waals surface area contributed by atoms with Gasteiger partial charge < -0.3 is 15.4 Å². The van der Waals surface area contributed by atoms with Crippen molar-refractivity contribution in [3.05, 3.63) is 41.3 Å². The van der Waals surface area contributed by atoms with Gasteiger partial charge in [-0.3, -0.25) is 4.79 Å². The number of hydrogen-bond donors (Lipinski definition) is 2. The van der Waals surface area contributed by atoms with E-state index < -0.39 is 0 Å². The van der Waals surface area contributed by atoms with Crippen LogP contribution in [0.15, 0.2) is 30.6 Å². The Labute approximate surface area is 140 Å². The second-order valence-corrected chi connectivity index (χ2v) is 5.80. The summed E-state index contributed by atoms with van der Waals surface area (Å²) in [5.41, 5.74) is 0.691. The van der Waals surface area contributed by atoms with Crippen LogP contribution in [0.4, 0.5) is 11.5 Å². The lowest BCUT2D eigenvalue weighted by molar-refractivity contribution is 0.102. The first-order valence-corrected chi connectivity index (χ1v) is 7.58. The number of amides is 1. The smallest absolute Gasteiger partial charge is 0.275 e. The Bertz CT molecular complexity index is 674. The second-order valence-electron chi connectivity index (χ2n) is 5.36. The van der Waals surface area contributed by atoms with Crippen LogP contribution in [0.2, 0.25) is 5.02 Å². The molecule has 6 nitrogen and oxygen atoms in total. The number of benzene rings is 1. The molecule has 0 aliphatic rings. The van der Waals surface area contributed by atoms with E-state index in [-0.39, 0.29) is 11.6 Å². The van der Waals surface area contributed by atoms with E-state index in [4.69, 9.17) is 16.3 Å². The Morgan fingerprint density at radius 3 is 2.70 bits per heavy atom. The van der Waals surface area contributed by atoms with Crippen LogP contribution in [0.3, 0.4) is 0 Å². The van der Waals surface area contributed by atoms with E-state index in [1.54, 1.807) is 18.2 Å². The van der Waals surface area contributed by atoms with Crippen LogP contribution in [-0.4, -0.2) is 29.5 Å². The fourth-order valence-corrected chi connectivity index (χ4v) is 1.98. The third-order valence-electron chi connectivity index (χ3n) is 2.99. The number of carbonyl (C=O) groups is 1. The third-order valence-corrected chi connectivity index (χ3v) is 3.22. The van der Waals surface area contributed by atoms with Gasteiger partial charge in [-0.05, 0) is 24.1 Å². The SMILES string of the molecule is COc1ccc(Cl)cc1NC(=O)c1cnc(NCC(C)C)cn1. The zero-order valence-corrected chi connectivity index (χ0v) is 14.0. The summed E-state index contributed by atoms with van der Waals surface area (Å²) in [7, 11) is 1.52. The Morgan fingerprint density at radius 1 is 1.30 bits per heavy atom. The molecule has 1 aromatic heterocycles. The number of rotatable bonds is 6. The summed E-state index contributed by atoms with van der Waals surface area (Å²) >= 11 is 5.94. The van der Waals surface area contributed by atoms with Crippen LogP contribution in [0.5, 0.6) is 5.75 Å². The van der Waals surface area contributed by atoms with Crippen molar-refractivity contribution in [3.8, 4) is 5.75 Å². The van der Waals surface area contributed by atoms with Gasteiger partial charge in [-0.25, -0.2) is 9.97 Å². The molecule has 2 N–H and O–H groups in total. The van der Waals surface area contributed by atoms with Crippen molar-refractivity contribution < 1.29 is 9.53 Å². The van der Waals surface area contributed by atoms with Crippen LogP contribution in [0.1, 0.15) is 24.3 Å². The summed E-state index contributed by atoms with van der Waals surface area (Å²) in [6.45, 7) is 4.99. The van der Waals surface area contributed by atoms with E-state index in [0.717, 1.165) is 6.54 Å². The number of halogens is 1. The molecule has 2 rings (SSSR count). The average Bonchev–Trinajstić information content (AvgIpc) is 2.53. The summed E-state index contributed by atoms with van der Waals surface area (Å²) in [6, 6.07) is 4.98. The predicted octanol–water partition coefficient (Wildman–Crippen LogP) is 3.46. The number of methoxy groups -OCH3 is 1. The maximum Gasteiger partial charge on any atom is 0.275 e. The first-order chi connectivity index (χ1) is 11.0. The molecule has 0 atom stereocenters. The average molecular weight is 335 g/mol. The molecule has 0 unspecified atom stereocenters. The molecule has 0 saturated carbocycles. The van der Waals surface area contributed by atoms with Crippen molar-refractivity contribution in [2.24, 2.45) is 5.92 Å². The summed E-state index contributed by atoms with van der Waals surface area (Å²) in [5, 5.41) is 6.36. The van der Waals surface area contributed by atoms with E-state index >= 15 is 0 Å². The highest BCUT2D eigenvalue weighted by molar-refractivity contribution is 6.31. The fraction of sp³-hybridized carbons (Fsp3) is 0.312. The number of anilines is 2. The van der Waals surface area contributed by atoms with E-state index in [0.29, 0.717) is 28.2 Å². The van der Waals surface area contributed by atoms with E-state index in [1.165, 1.54) is 19.5 Å². The Hall–Kier alpha value is -2.34. The van der Waals surface area contributed by atoms with Crippen LogP contribution in [0.25, 0.3) is 0 Å². The lowest BCUT2D eigenvalue weighted by Gasteiger charge is -2.11. The maximum absolute atomic E-state index is 12.2. The third kappa shape index (κ3) is 4.82. The standard InChI is InChI=1S/C16H19ClN4O2/c1-10(2)7-19-15-9-18-13(8-20-15)16(22)21-12-6-11(17)4-5-14(12)23-3/h4-6,8-10H,7H2,1-3H3,(H,19,20)(H,21,22). The molecule has 2 aromatic rings. The van der Waals surface area contributed by atoms with Gasteiger partial charge in [0.05, 0.1) is 25.2 Å². The fourth-order valence-electron chi connectivity index (χ4n) is 1.81. The molecular weight excluding hydrogens is 316 g/mol. The highest BCUT2D eigenvalue weighted by Crippen LogP contribution is 2.27. The molecule has 1 heterocycles. The Kier molecular flexibility index (Phi) is 5.76. The quantitative estimate of drug-likeness (QED) is 0.846. The van der Waals surface area contributed by atoms with Crippen molar-refractivity contribution >= 4 is 29.0 Å². The van der Waals surface area contributed by atoms with Crippen LogP contribution in [0, 0.1) is 5.92 Å². The summed E-state index contributed by atoms with van der Waals surface area (Å²) in [6.07, 6.45) is 2.96. The minimum absolute atomic E-state index is 0.210. The molecular formula is C16H19ClN4O2. The summed E-state index contributed by atoms with van der Waals surface area (Å²) in [5.74, 6) is 1.27. The van der Waals surface area contributed by atoms with E-state index in [2.05, 4.69) is 34.4 Å². The van der Waals surface area contributed by atoms with Crippen LogP contribution >= 0.6 is 11.6 Å². The van der Waals surface area contributed by atoms with Crippen molar-refractivity contribution in [2.75, 3.05) is 24.3 Å². The number of ether oxygens (including phenoxy) is 1. The molecule has 1 amide bonds. The molecule has 7 heteroatoms. The minimum Gasteiger partial charge on any atom is -0.495 e. The molecule has 122 valence electrons. The van der Waals surface area contributed by atoms with Gasteiger partial charge in [0.1, 0.15) is 17.3 Å². The highest BCUT2D eigenvalue weighted by atomic mass is 35.5. The number of aromatic nitrogens is 2. The first-order valence-electron chi connectivity index (χ1n) is 7.20. The molecule has 0 fully saturated rings. The molecule has 0 bridgehead atoms. The van der Waals surface area contributed by atoms with Crippen molar-refractivity contribution in [1.82, 2.24) is 9.97 Å². The molecule has 0 spiro atoms. The summed E-state index contributed by atoms with van der Waals surface area (Å²) in [4.78, 5) is 20.5. The van der Waals surface area contributed by atoms with Gasteiger partial charge in [-0.1, -0.05) is 25.4 Å². The monoisotopic (exact) mass is 334 g/mol. The van der Waals surface area contributed by atoms with Gasteiger partial charge in [-0.2, -0.15) is 0 Å². The molecule has 23 heavy (non-hydrogen) atoms. The molecule has 1 aromatic carbocycles. The normalized spacial score (nSPS) is 10.5. The van der Waals surface area contributed by atoms with Crippen molar-refractivity contribution in [2.45, 2.75) is 13.8 Å². The van der Waals surface area contributed by atoms with E-state index in [9.17, 15) is 4.79 Å². The lowest BCUT2D eigenvalue weighted by Crippen LogP contribution is -2.15. The van der Waals surface area contributed by atoms with E-state index in [1.807, 2.05) is 0 Å². The highest BCUT2D eigenvalue weighted by Gasteiger charge is 2.12. The minimum atomic E-state index is -0.381. The van der Waals surface area contributed by atoms with Crippen LogP contribution in [-0.2, 0) is 0 Å². The Morgan fingerprint density at radius 2 is 2.09 bits per heavy atom. The molecule has 0 aliphatic carbocycles. The molecule has 0 radical (unpaired) electrons. The lowest BCUT2D eigenvalue weighted by atomic mass is 10.2. The number of nitrogens with one attached hydrogen (secondary N) is 2. The van der Waals surface area contributed by atoms with Gasteiger partial charge >= 0.3 is 0 Å². The number of carbonyl (C=O) groups excluding carboxylic acids is 1. The Balaban J connectivity index is 2.07. The molecule has 0 aliphatic heterocycles. The van der Waals surface area contributed by atoms with Gasteiger partial charge in [0, 0.05) is 11.6 Å². The van der Waals surface area contributed by atoms with Gasteiger partial charge in [-0.15, -0.1) is 0 Å². The van der Waals surface area contributed by atoms with Crippen molar-refractivity contribution in [1.29, 1.82) is 0 Å². The largest absolute Gasteiger partial charge is 0.495 e. The topological polar surface area (TPSA) is 76.1 Å². The maximum atomic E-state index is 12.2.